The molecule has 1 N–H and O–H groups in total. The number of alkyl halides is 3. The smallest absolute Gasteiger partial charge is 0.420 e. The fraction of sp³-hybridized carbons (Fsp3) is 0.150. The van der Waals surface area contributed by atoms with Gasteiger partial charge in [0.05, 0.1) is 29.2 Å². The quantitative estimate of drug-likeness (QED) is 0.716. The number of amides is 1. The second-order valence-corrected chi connectivity index (χ2v) is 6.94. The minimum absolute atomic E-state index is 0.0625. The van der Waals surface area contributed by atoms with E-state index in [1.807, 2.05) is 0 Å². The third-order valence-electron chi connectivity index (χ3n) is 4.00. The Morgan fingerprint density at radius 3 is 2.53 bits per heavy atom. The number of nitrogens with zero attached hydrogens (tertiary/aromatic N) is 2. The molecule has 0 atom stereocenters. The topological polar surface area (TPSA) is 83.7 Å². The van der Waals surface area contributed by atoms with Crippen molar-refractivity contribution in [2.24, 2.45) is 4.99 Å². The fourth-order valence-corrected chi connectivity index (χ4v) is 3.42. The number of nitriles is 1. The van der Waals surface area contributed by atoms with E-state index in [-0.39, 0.29) is 22.3 Å². The lowest BCUT2D eigenvalue weighted by Gasteiger charge is -2.16. The summed E-state index contributed by atoms with van der Waals surface area (Å²) in [5, 5.41) is 11.2. The molecule has 1 aliphatic rings. The molecule has 1 fully saturated rings. The summed E-state index contributed by atoms with van der Waals surface area (Å²) >= 11 is 0.978. The van der Waals surface area contributed by atoms with Crippen LogP contribution < -0.4 is 14.8 Å². The predicted octanol–water partition coefficient (Wildman–Crippen LogP) is 5.20. The van der Waals surface area contributed by atoms with E-state index >= 15 is 0 Å². The molecule has 0 spiro atoms. The van der Waals surface area contributed by atoms with Crippen molar-refractivity contribution in [3.05, 3.63) is 58.0 Å². The number of carbonyl (C=O) groups is 1. The third kappa shape index (κ3) is 4.58. The first-order chi connectivity index (χ1) is 14.2. The Hall–Kier alpha value is -3.45. The van der Waals surface area contributed by atoms with Crippen molar-refractivity contribution < 1.29 is 27.4 Å². The molecule has 3 rings (SSSR count). The van der Waals surface area contributed by atoms with Crippen LogP contribution in [0.1, 0.15) is 16.7 Å². The SMILES string of the molecule is CN=C1NC(=O)SC1=Cc1ccc(Oc2ccc(C#N)cc2C(F)(F)F)c(OC)c1. The molecule has 1 aliphatic heterocycles. The van der Waals surface area contributed by atoms with Crippen LogP contribution in [-0.2, 0) is 6.18 Å². The van der Waals surface area contributed by atoms with Gasteiger partial charge in [0.25, 0.3) is 5.24 Å². The molecule has 0 saturated carbocycles. The predicted molar refractivity (Wildman–Crippen MR) is 107 cm³/mol. The first kappa shape index (κ1) is 21.3. The van der Waals surface area contributed by atoms with Gasteiger partial charge in [0, 0.05) is 7.05 Å². The monoisotopic (exact) mass is 433 g/mol. The maximum atomic E-state index is 13.4. The number of aliphatic imine (C=N–C) groups is 1. The second kappa shape index (κ2) is 8.51. The van der Waals surface area contributed by atoms with E-state index in [1.54, 1.807) is 31.3 Å². The molecule has 6 nitrogen and oxygen atoms in total. The van der Waals surface area contributed by atoms with E-state index in [1.165, 1.54) is 19.2 Å². The molecule has 1 heterocycles. The van der Waals surface area contributed by atoms with Crippen molar-refractivity contribution in [3.63, 3.8) is 0 Å². The van der Waals surface area contributed by atoms with Gasteiger partial charge < -0.3 is 14.8 Å². The molecule has 154 valence electrons. The Bertz CT molecular complexity index is 1100. The molecule has 10 heteroatoms. The number of thioether (sulfide) groups is 1. The molecular formula is C20H14F3N3O3S. The minimum atomic E-state index is -4.70. The van der Waals surface area contributed by atoms with Crippen LogP contribution in [0.2, 0.25) is 0 Å². The summed E-state index contributed by atoms with van der Waals surface area (Å²) in [4.78, 5) is 16.1. The highest BCUT2D eigenvalue weighted by atomic mass is 32.2. The van der Waals surface area contributed by atoms with Gasteiger partial charge in [-0.15, -0.1) is 0 Å². The first-order valence-electron chi connectivity index (χ1n) is 8.40. The Morgan fingerprint density at radius 2 is 1.90 bits per heavy atom. The van der Waals surface area contributed by atoms with Gasteiger partial charge >= 0.3 is 6.18 Å². The molecule has 0 aliphatic carbocycles. The van der Waals surface area contributed by atoms with Gasteiger partial charge in [0.1, 0.15) is 11.6 Å². The highest BCUT2D eigenvalue weighted by molar-refractivity contribution is 8.18. The van der Waals surface area contributed by atoms with Crippen molar-refractivity contribution in [2.75, 3.05) is 14.2 Å². The highest BCUT2D eigenvalue weighted by Crippen LogP contribution is 2.41. The number of benzene rings is 2. The summed E-state index contributed by atoms with van der Waals surface area (Å²) in [7, 11) is 2.90. The van der Waals surface area contributed by atoms with Gasteiger partial charge in [-0.2, -0.15) is 18.4 Å². The molecule has 1 saturated heterocycles. The van der Waals surface area contributed by atoms with Gasteiger partial charge in [0.2, 0.25) is 0 Å². The van der Waals surface area contributed by atoms with Crippen LogP contribution in [-0.4, -0.2) is 25.2 Å². The zero-order valence-corrected chi connectivity index (χ0v) is 16.5. The number of hydrogen-bond donors (Lipinski definition) is 1. The number of methoxy groups -OCH3 is 1. The van der Waals surface area contributed by atoms with Crippen LogP contribution in [0.4, 0.5) is 18.0 Å². The van der Waals surface area contributed by atoms with Crippen molar-refractivity contribution in [3.8, 4) is 23.3 Å². The van der Waals surface area contributed by atoms with E-state index in [0.29, 0.717) is 16.3 Å². The molecule has 0 aromatic heterocycles. The minimum Gasteiger partial charge on any atom is -0.493 e. The van der Waals surface area contributed by atoms with Crippen LogP contribution in [0.3, 0.4) is 0 Å². The molecule has 0 unspecified atom stereocenters. The van der Waals surface area contributed by atoms with E-state index in [4.69, 9.17) is 14.7 Å². The third-order valence-corrected chi connectivity index (χ3v) is 4.82. The summed E-state index contributed by atoms with van der Waals surface area (Å²) in [5.74, 6) is 0.232. The van der Waals surface area contributed by atoms with Gasteiger partial charge in [-0.3, -0.25) is 9.79 Å². The molecule has 2 aromatic carbocycles. The number of halogens is 3. The average Bonchev–Trinajstić information content (AvgIpc) is 3.07. The van der Waals surface area contributed by atoms with Gasteiger partial charge in [0.15, 0.2) is 11.5 Å². The normalized spacial score (nSPS) is 16.5. The molecule has 30 heavy (non-hydrogen) atoms. The molecule has 1 amide bonds. The Balaban J connectivity index is 1.96. The van der Waals surface area contributed by atoms with Gasteiger partial charge in [-0.25, -0.2) is 0 Å². The summed E-state index contributed by atoms with van der Waals surface area (Å²) in [5.41, 5.74) is -0.560. The summed E-state index contributed by atoms with van der Waals surface area (Å²) < 4.78 is 50.8. The standard InChI is InChI=1S/C20H14F3N3O3S/c1-25-18-17(30-19(27)26-18)9-11-3-6-15(16(8-11)28-2)29-14-5-4-12(10-24)7-13(14)20(21,22)23/h3-9H,1-2H3,(H,25,26,27). The average molecular weight is 433 g/mol. The number of carbonyl (C=O) groups excluding carboxylic acids is 1. The highest BCUT2D eigenvalue weighted by Gasteiger charge is 2.35. The largest absolute Gasteiger partial charge is 0.493 e. The zero-order chi connectivity index (χ0) is 21.9. The molecule has 0 bridgehead atoms. The van der Waals surface area contributed by atoms with Crippen LogP contribution in [0.15, 0.2) is 46.3 Å². The Morgan fingerprint density at radius 1 is 1.17 bits per heavy atom. The van der Waals surface area contributed by atoms with E-state index in [2.05, 4.69) is 10.3 Å². The summed E-state index contributed by atoms with van der Waals surface area (Å²) in [6.45, 7) is 0. The fourth-order valence-electron chi connectivity index (χ4n) is 2.63. The zero-order valence-electron chi connectivity index (χ0n) is 15.7. The number of ether oxygens (including phenoxy) is 2. The van der Waals surface area contributed by atoms with Crippen molar-refractivity contribution >= 4 is 28.9 Å². The summed E-state index contributed by atoms with van der Waals surface area (Å²) in [6.07, 6.45) is -3.00. The lowest BCUT2D eigenvalue weighted by molar-refractivity contribution is -0.138. The van der Waals surface area contributed by atoms with Crippen molar-refractivity contribution in [1.82, 2.24) is 5.32 Å². The lowest BCUT2D eigenvalue weighted by Crippen LogP contribution is -2.18. The van der Waals surface area contributed by atoms with Crippen molar-refractivity contribution in [2.45, 2.75) is 6.18 Å². The molecule has 0 radical (unpaired) electrons. The number of amidine groups is 1. The van der Waals surface area contributed by atoms with E-state index in [9.17, 15) is 18.0 Å². The number of hydrogen-bond acceptors (Lipinski definition) is 6. The summed E-state index contributed by atoms with van der Waals surface area (Å²) in [6, 6.07) is 9.37. The van der Waals surface area contributed by atoms with Crippen LogP contribution in [0.25, 0.3) is 6.08 Å². The molecular weight excluding hydrogens is 419 g/mol. The number of nitrogens with one attached hydrogen (secondary N) is 1. The first-order valence-corrected chi connectivity index (χ1v) is 9.21. The number of rotatable bonds is 4. The maximum absolute atomic E-state index is 13.4. The van der Waals surface area contributed by atoms with Crippen LogP contribution >= 0.6 is 11.8 Å². The molecule has 2 aromatic rings. The Kier molecular flexibility index (Phi) is 6.03. The second-order valence-electron chi connectivity index (χ2n) is 5.93. The maximum Gasteiger partial charge on any atom is 0.420 e. The van der Waals surface area contributed by atoms with Crippen LogP contribution in [0.5, 0.6) is 17.2 Å². The lowest BCUT2D eigenvalue weighted by atomic mass is 10.1. The van der Waals surface area contributed by atoms with E-state index < -0.39 is 17.5 Å². The van der Waals surface area contributed by atoms with Gasteiger partial charge in [-0.1, -0.05) is 6.07 Å². The Labute approximate surface area is 174 Å². The van der Waals surface area contributed by atoms with Crippen LogP contribution in [0, 0.1) is 11.3 Å². The van der Waals surface area contributed by atoms with Crippen molar-refractivity contribution in [1.29, 1.82) is 5.26 Å². The van der Waals surface area contributed by atoms with E-state index in [0.717, 1.165) is 23.9 Å². The van der Waals surface area contributed by atoms with Gasteiger partial charge in [-0.05, 0) is 53.7 Å².